The molecule has 0 saturated carbocycles. The van der Waals surface area contributed by atoms with Gasteiger partial charge >= 0.3 is 0 Å². The van der Waals surface area contributed by atoms with Gasteiger partial charge in [0.2, 0.25) is 5.91 Å². The number of nitrogens with one attached hydrogen (secondary N) is 1. The van der Waals surface area contributed by atoms with Gasteiger partial charge in [0.05, 0.1) is 13.0 Å². The summed E-state index contributed by atoms with van der Waals surface area (Å²) in [5.74, 6) is 0.00497. The molecule has 0 spiro atoms. The molecule has 3 rings (SSSR count). The molecule has 3 aromatic rings. The van der Waals surface area contributed by atoms with Crippen LogP contribution in [0.5, 0.6) is 0 Å². The van der Waals surface area contributed by atoms with Crippen LogP contribution in [-0.4, -0.2) is 15.7 Å². The first-order chi connectivity index (χ1) is 10.3. The summed E-state index contributed by atoms with van der Waals surface area (Å²) in [5, 5.41) is 9.17. The minimum atomic E-state index is 0.00497. The maximum atomic E-state index is 12.1. The third kappa shape index (κ3) is 3.58. The average Bonchev–Trinajstić information content (AvgIpc) is 3.14. The quantitative estimate of drug-likeness (QED) is 0.786. The van der Waals surface area contributed by atoms with Crippen LogP contribution in [0.25, 0.3) is 0 Å². The molecule has 0 aliphatic rings. The normalized spacial score (nSPS) is 10.5. The summed E-state index contributed by atoms with van der Waals surface area (Å²) in [6.07, 6.45) is 4.07. The third-order valence-electron chi connectivity index (χ3n) is 3.10. The zero-order valence-corrected chi connectivity index (χ0v) is 12.2. The van der Waals surface area contributed by atoms with E-state index in [1.54, 1.807) is 17.5 Å². The standard InChI is InChI=1S/C16H15N3OS/c20-16(11-14-6-3-10-21-14)18-15-7-2-1-5-13(15)12-19-9-4-8-17-19/h1-10H,11-12H2,(H,18,20). The Balaban J connectivity index is 1.71. The number of rotatable bonds is 5. The first-order valence-electron chi connectivity index (χ1n) is 6.69. The molecule has 106 valence electrons. The second kappa shape index (κ2) is 6.37. The van der Waals surface area contributed by atoms with Crippen molar-refractivity contribution in [3.63, 3.8) is 0 Å². The summed E-state index contributed by atoms with van der Waals surface area (Å²) < 4.78 is 1.84. The molecule has 0 unspecified atom stereocenters. The van der Waals surface area contributed by atoms with E-state index in [-0.39, 0.29) is 5.91 Å². The number of carbonyl (C=O) groups is 1. The Morgan fingerprint density at radius 1 is 1.19 bits per heavy atom. The largest absolute Gasteiger partial charge is 0.325 e. The fraction of sp³-hybridized carbons (Fsp3) is 0.125. The van der Waals surface area contributed by atoms with Crippen LogP contribution in [0.4, 0.5) is 5.69 Å². The molecule has 2 heterocycles. The molecule has 4 nitrogen and oxygen atoms in total. The van der Waals surface area contributed by atoms with Gasteiger partial charge in [-0.25, -0.2) is 0 Å². The number of hydrogen-bond donors (Lipinski definition) is 1. The van der Waals surface area contributed by atoms with Crippen LogP contribution in [0.15, 0.2) is 60.2 Å². The van der Waals surface area contributed by atoms with Crippen molar-refractivity contribution in [1.29, 1.82) is 0 Å². The highest BCUT2D eigenvalue weighted by atomic mass is 32.1. The van der Waals surface area contributed by atoms with Gasteiger partial charge in [0, 0.05) is 23.0 Å². The van der Waals surface area contributed by atoms with Crippen LogP contribution >= 0.6 is 11.3 Å². The molecular weight excluding hydrogens is 282 g/mol. The van der Waals surface area contributed by atoms with Crippen molar-refractivity contribution in [3.8, 4) is 0 Å². The summed E-state index contributed by atoms with van der Waals surface area (Å²) in [7, 11) is 0. The average molecular weight is 297 g/mol. The lowest BCUT2D eigenvalue weighted by molar-refractivity contribution is -0.115. The minimum Gasteiger partial charge on any atom is -0.325 e. The molecule has 0 aliphatic heterocycles. The molecule has 5 heteroatoms. The zero-order valence-electron chi connectivity index (χ0n) is 11.4. The van der Waals surface area contributed by atoms with E-state index in [4.69, 9.17) is 0 Å². The Hall–Kier alpha value is -2.40. The van der Waals surface area contributed by atoms with Crippen molar-refractivity contribution in [2.45, 2.75) is 13.0 Å². The van der Waals surface area contributed by atoms with Crippen LogP contribution in [-0.2, 0) is 17.8 Å². The second-order valence-electron chi connectivity index (χ2n) is 4.67. The maximum Gasteiger partial charge on any atom is 0.229 e. The number of para-hydroxylation sites is 1. The smallest absolute Gasteiger partial charge is 0.229 e. The molecule has 0 radical (unpaired) electrons. The number of anilines is 1. The molecule has 1 N–H and O–H groups in total. The summed E-state index contributed by atoms with van der Waals surface area (Å²) in [6.45, 7) is 0.641. The number of hydrogen-bond acceptors (Lipinski definition) is 3. The maximum absolute atomic E-state index is 12.1. The summed E-state index contributed by atoms with van der Waals surface area (Å²) in [4.78, 5) is 13.2. The first-order valence-corrected chi connectivity index (χ1v) is 7.57. The van der Waals surface area contributed by atoms with E-state index in [1.165, 1.54) is 0 Å². The molecule has 0 saturated heterocycles. The predicted molar refractivity (Wildman–Crippen MR) is 84.4 cm³/mol. The molecule has 21 heavy (non-hydrogen) atoms. The van der Waals surface area contributed by atoms with Crippen molar-refractivity contribution in [2.75, 3.05) is 5.32 Å². The van der Waals surface area contributed by atoms with Gasteiger partial charge in [-0.05, 0) is 29.1 Å². The SMILES string of the molecule is O=C(Cc1cccs1)Nc1ccccc1Cn1cccn1. The van der Waals surface area contributed by atoms with Gasteiger partial charge in [-0.3, -0.25) is 9.48 Å². The Kier molecular flexibility index (Phi) is 4.12. The van der Waals surface area contributed by atoms with Crippen molar-refractivity contribution in [1.82, 2.24) is 9.78 Å². The van der Waals surface area contributed by atoms with Crippen LogP contribution in [0.1, 0.15) is 10.4 Å². The second-order valence-corrected chi connectivity index (χ2v) is 5.70. The van der Waals surface area contributed by atoms with Crippen LogP contribution < -0.4 is 5.32 Å². The first kappa shape index (κ1) is 13.6. The summed E-state index contributed by atoms with van der Waals surface area (Å²) in [5.41, 5.74) is 1.88. The van der Waals surface area contributed by atoms with E-state index >= 15 is 0 Å². The Labute approximate surface area is 127 Å². The fourth-order valence-corrected chi connectivity index (χ4v) is 2.82. The van der Waals surface area contributed by atoms with Crippen LogP contribution in [0, 0.1) is 0 Å². The van der Waals surface area contributed by atoms with E-state index in [9.17, 15) is 4.79 Å². The number of nitrogens with zero attached hydrogens (tertiary/aromatic N) is 2. The highest BCUT2D eigenvalue weighted by molar-refractivity contribution is 7.10. The van der Waals surface area contributed by atoms with Gasteiger partial charge in [-0.2, -0.15) is 5.10 Å². The van der Waals surface area contributed by atoms with Gasteiger partial charge in [-0.15, -0.1) is 11.3 Å². The monoisotopic (exact) mass is 297 g/mol. The molecule has 1 amide bonds. The Morgan fingerprint density at radius 2 is 2.10 bits per heavy atom. The molecular formula is C16H15N3OS. The summed E-state index contributed by atoms with van der Waals surface area (Å²) >= 11 is 1.59. The zero-order chi connectivity index (χ0) is 14.5. The molecule has 0 fully saturated rings. The van der Waals surface area contributed by atoms with Crippen LogP contribution in [0.3, 0.4) is 0 Å². The number of benzene rings is 1. The summed E-state index contributed by atoms with van der Waals surface area (Å²) in [6, 6.07) is 13.6. The van der Waals surface area contributed by atoms with E-state index < -0.39 is 0 Å². The lowest BCUT2D eigenvalue weighted by atomic mass is 10.1. The van der Waals surface area contributed by atoms with Gasteiger partial charge in [-0.1, -0.05) is 24.3 Å². The Bertz CT molecular complexity index is 705. The minimum absolute atomic E-state index is 0.00497. The van der Waals surface area contributed by atoms with Crippen molar-refractivity contribution < 1.29 is 4.79 Å². The molecule has 1 aromatic carbocycles. The highest BCUT2D eigenvalue weighted by Gasteiger charge is 2.08. The van der Waals surface area contributed by atoms with E-state index in [0.29, 0.717) is 13.0 Å². The van der Waals surface area contributed by atoms with Crippen molar-refractivity contribution in [3.05, 3.63) is 70.7 Å². The van der Waals surface area contributed by atoms with E-state index in [0.717, 1.165) is 16.1 Å². The van der Waals surface area contributed by atoms with Gasteiger partial charge < -0.3 is 5.32 Å². The highest BCUT2D eigenvalue weighted by Crippen LogP contribution is 2.17. The molecule has 2 aromatic heterocycles. The number of amides is 1. The van der Waals surface area contributed by atoms with E-state index in [1.807, 2.05) is 58.7 Å². The number of thiophene rings is 1. The predicted octanol–water partition coefficient (Wildman–Crippen LogP) is 3.17. The molecule has 0 aliphatic carbocycles. The molecule has 0 bridgehead atoms. The van der Waals surface area contributed by atoms with Crippen molar-refractivity contribution in [2.24, 2.45) is 0 Å². The lowest BCUT2D eigenvalue weighted by Crippen LogP contribution is -2.15. The fourth-order valence-electron chi connectivity index (χ4n) is 2.11. The Morgan fingerprint density at radius 3 is 2.86 bits per heavy atom. The van der Waals surface area contributed by atoms with Gasteiger partial charge in [0.1, 0.15) is 0 Å². The number of carbonyl (C=O) groups excluding carboxylic acids is 1. The van der Waals surface area contributed by atoms with E-state index in [2.05, 4.69) is 10.4 Å². The van der Waals surface area contributed by atoms with Crippen molar-refractivity contribution >= 4 is 22.9 Å². The van der Waals surface area contributed by atoms with Gasteiger partial charge in [0.25, 0.3) is 0 Å². The van der Waals surface area contributed by atoms with Crippen LogP contribution in [0.2, 0.25) is 0 Å². The molecule has 0 atom stereocenters. The topological polar surface area (TPSA) is 46.9 Å². The lowest BCUT2D eigenvalue weighted by Gasteiger charge is -2.11. The number of aromatic nitrogens is 2. The third-order valence-corrected chi connectivity index (χ3v) is 3.97. The van der Waals surface area contributed by atoms with Gasteiger partial charge in [0.15, 0.2) is 0 Å².